The lowest BCUT2D eigenvalue weighted by molar-refractivity contribution is 0.260. The average Bonchev–Trinajstić information content (AvgIpc) is 2.76. The molecule has 1 fully saturated rings. The molecule has 2 heterocycles. The topological polar surface area (TPSA) is 28.2 Å². The van der Waals surface area contributed by atoms with Crippen LogP contribution in [0.1, 0.15) is 29.2 Å². The first-order valence-corrected chi connectivity index (χ1v) is 7.73. The number of aryl methyl sites for hydroxylation is 1. The van der Waals surface area contributed by atoms with Gasteiger partial charge in [-0.3, -0.25) is 9.88 Å². The smallest absolute Gasteiger partial charge is 0.0449 e. The van der Waals surface area contributed by atoms with Gasteiger partial charge in [0.25, 0.3) is 0 Å². The molecule has 0 aliphatic carbocycles. The van der Waals surface area contributed by atoms with E-state index in [0.717, 1.165) is 26.2 Å². The number of pyridine rings is 1. The van der Waals surface area contributed by atoms with Crippen molar-refractivity contribution in [2.75, 3.05) is 19.6 Å². The van der Waals surface area contributed by atoms with E-state index < -0.39 is 0 Å². The van der Waals surface area contributed by atoms with Gasteiger partial charge in [0.05, 0.1) is 0 Å². The molecule has 0 bridgehead atoms. The van der Waals surface area contributed by atoms with Crippen LogP contribution in [0.4, 0.5) is 0 Å². The van der Waals surface area contributed by atoms with Crippen LogP contribution in [0, 0.1) is 6.92 Å². The maximum absolute atomic E-state index is 4.27. The summed E-state index contributed by atoms with van der Waals surface area (Å²) in [6.45, 7) is 6.44. The molecule has 1 unspecified atom stereocenters. The van der Waals surface area contributed by atoms with Gasteiger partial charge in [0, 0.05) is 31.5 Å². The molecule has 1 N–H and O–H groups in total. The summed E-state index contributed by atoms with van der Waals surface area (Å²) in [5.74, 6) is 0. The minimum absolute atomic E-state index is 0.422. The van der Waals surface area contributed by atoms with Gasteiger partial charge in [0.2, 0.25) is 0 Å². The number of nitrogens with zero attached hydrogens (tertiary/aromatic N) is 2. The van der Waals surface area contributed by atoms with Gasteiger partial charge in [-0.15, -0.1) is 0 Å². The summed E-state index contributed by atoms with van der Waals surface area (Å²) in [5.41, 5.74) is 4.05. The van der Waals surface area contributed by atoms with Gasteiger partial charge in [0.15, 0.2) is 0 Å². The Morgan fingerprint density at radius 3 is 2.90 bits per heavy atom. The number of rotatable bonds is 3. The normalized spacial score (nSPS) is 20.1. The van der Waals surface area contributed by atoms with E-state index in [9.17, 15) is 0 Å². The van der Waals surface area contributed by atoms with Crippen molar-refractivity contribution in [1.82, 2.24) is 15.2 Å². The van der Waals surface area contributed by atoms with E-state index in [2.05, 4.69) is 58.5 Å². The van der Waals surface area contributed by atoms with Gasteiger partial charge in [-0.2, -0.15) is 0 Å². The van der Waals surface area contributed by atoms with Gasteiger partial charge >= 0.3 is 0 Å². The Morgan fingerprint density at radius 1 is 1.24 bits per heavy atom. The van der Waals surface area contributed by atoms with Crippen LogP contribution in [0.15, 0.2) is 48.8 Å². The molecule has 0 amide bonds. The van der Waals surface area contributed by atoms with E-state index in [4.69, 9.17) is 0 Å². The highest BCUT2D eigenvalue weighted by atomic mass is 15.2. The second-order valence-electron chi connectivity index (χ2n) is 5.81. The predicted molar refractivity (Wildman–Crippen MR) is 86.1 cm³/mol. The van der Waals surface area contributed by atoms with Crippen LogP contribution >= 0.6 is 0 Å². The largest absolute Gasteiger partial charge is 0.309 e. The zero-order valence-electron chi connectivity index (χ0n) is 12.6. The highest BCUT2D eigenvalue weighted by molar-refractivity contribution is 5.22. The van der Waals surface area contributed by atoms with Gasteiger partial charge in [-0.25, -0.2) is 0 Å². The van der Waals surface area contributed by atoms with E-state index in [0.29, 0.717) is 6.04 Å². The third kappa shape index (κ3) is 3.69. The zero-order chi connectivity index (χ0) is 14.5. The first kappa shape index (κ1) is 14.2. The van der Waals surface area contributed by atoms with E-state index in [-0.39, 0.29) is 0 Å². The molecule has 1 saturated heterocycles. The van der Waals surface area contributed by atoms with E-state index in [1.54, 1.807) is 0 Å². The van der Waals surface area contributed by atoms with Gasteiger partial charge in [-0.1, -0.05) is 30.3 Å². The third-order valence-electron chi connectivity index (χ3n) is 4.23. The first-order valence-electron chi connectivity index (χ1n) is 7.73. The summed E-state index contributed by atoms with van der Waals surface area (Å²) in [6.07, 6.45) is 5.07. The van der Waals surface area contributed by atoms with Gasteiger partial charge in [-0.05, 0) is 49.2 Å². The van der Waals surface area contributed by atoms with Crippen molar-refractivity contribution in [2.45, 2.75) is 25.9 Å². The SMILES string of the molecule is Cc1ccncc1CN1CCCNC(c2ccccc2)C1. The summed E-state index contributed by atoms with van der Waals surface area (Å²) in [4.78, 5) is 6.81. The fourth-order valence-corrected chi connectivity index (χ4v) is 2.95. The van der Waals surface area contributed by atoms with Crippen LogP contribution in [0.2, 0.25) is 0 Å². The van der Waals surface area contributed by atoms with E-state index in [1.165, 1.54) is 23.1 Å². The Kier molecular flexibility index (Phi) is 4.63. The zero-order valence-corrected chi connectivity index (χ0v) is 12.6. The summed E-state index contributed by atoms with van der Waals surface area (Å²) < 4.78 is 0. The minimum Gasteiger partial charge on any atom is -0.309 e. The molecule has 1 aliphatic rings. The van der Waals surface area contributed by atoms with Crippen LogP contribution in [0.5, 0.6) is 0 Å². The van der Waals surface area contributed by atoms with Crippen LogP contribution < -0.4 is 5.32 Å². The number of benzene rings is 1. The van der Waals surface area contributed by atoms with Crippen LogP contribution in [-0.4, -0.2) is 29.5 Å². The Bertz CT molecular complexity index is 568. The van der Waals surface area contributed by atoms with Crippen molar-refractivity contribution >= 4 is 0 Å². The summed E-state index contributed by atoms with van der Waals surface area (Å²) in [5, 5.41) is 3.67. The number of nitrogens with one attached hydrogen (secondary N) is 1. The van der Waals surface area contributed by atoms with Crippen molar-refractivity contribution in [3.8, 4) is 0 Å². The van der Waals surface area contributed by atoms with Crippen molar-refractivity contribution in [2.24, 2.45) is 0 Å². The number of hydrogen-bond acceptors (Lipinski definition) is 3. The maximum Gasteiger partial charge on any atom is 0.0449 e. The fraction of sp³-hybridized carbons (Fsp3) is 0.389. The van der Waals surface area contributed by atoms with Crippen molar-refractivity contribution in [3.63, 3.8) is 0 Å². The van der Waals surface area contributed by atoms with Gasteiger partial charge < -0.3 is 5.32 Å². The van der Waals surface area contributed by atoms with Crippen LogP contribution in [0.3, 0.4) is 0 Å². The highest BCUT2D eigenvalue weighted by Crippen LogP contribution is 2.19. The third-order valence-corrected chi connectivity index (χ3v) is 4.23. The Labute approximate surface area is 127 Å². The minimum atomic E-state index is 0.422. The van der Waals surface area contributed by atoms with Crippen LogP contribution in [0.25, 0.3) is 0 Å². The molecule has 1 aromatic carbocycles. The maximum atomic E-state index is 4.27. The molecule has 1 atom stereocenters. The lowest BCUT2D eigenvalue weighted by Gasteiger charge is -2.25. The second kappa shape index (κ2) is 6.83. The van der Waals surface area contributed by atoms with Crippen molar-refractivity contribution in [3.05, 3.63) is 65.5 Å². The molecule has 3 heteroatoms. The molecule has 21 heavy (non-hydrogen) atoms. The molecule has 110 valence electrons. The first-order chi connectivity index (χ1) is 10.3. The standard InChI is InChI=1S/C18H23N3/c1-15-8-10-19-12-17(15)13-21-11-5-9-20-18(14-21)16-6-3-2-4-7-16/h2-4,6-8,10,12,18,20H,5,9,11,13-14H2,1H3. The molecule has 0 radical (unpaired) electrons. The Morgan fingerprint density at radius 2 is 2.10 bits per heavy atom. The number of aromatic nitrogens is 1. The Balaban J connectivity index is 1.72. The quantitative estimate of drug-likeness (QED) is 0.937. The summed E-state index contributed by atoms with van der Waals surface area (Å²) >= 11 is 0. The summed E-state index contributed by atoms with van der Waals surface area (Å²) in [6, 6.07) is 13.3. The van der Waals surface area contributed by atoms with E-state index in [1.807, 2.05) is 12.4 Å². The Hall–Kier alpha value is -1.71. The highest BCUT2D eigenvalue weighted by Gasteiger charge is 2.19. The van der Waals surface area contributed by atoms with Crippen molar-refractivity contribution in [1.29, 1.82) is 0 Å². The average molecular weight is 281 g/mol. The predicted octanol–water partition coefficient (Wildman–Crippen LogP) is 2.93. The van der Waals surface area contributed by atoms with Crippen molar-refractivity contribution < 1.29 is 0 Å². The molecule has 3 nitrogen and oxygen atoms in total. The molecular weight excluding hydrogens is 258 g/mol. The fourth-order valence-electron chi connectivity index (χ4n) is 2.95. The van der Waals surface area contributed by atoms with E-state index >= 15 is 0 Å². The number of hydrogen-bond donors (Lipinski definition) is 1. The molecule has 3 rings (SSSR count). The second-order valence-corrected chi connectivity index (χ2v) is 5.81. The van der Waals surface area contributed by atoms with Crippen LogP contribution in [-0.2, 0) is 6.54 Å². The lowest BCUT2D eigenvalue weighted by atomic mass is 10.1. The monoisotopic (exact) mass is 281 g/mol. The molecule has 1 aromatic heterocycles. The molecule has 0 spiro atoms. The molecule has 1 aliphatic heterocycles. The molecule has 2 aromatic rings. The molecular formula is C18H23N3. The molecule has 0 saturated carbocycles. The summed E-state index contributed by atoms with van der Waals surface area (Å²) in [7, 11) is 0. The van der Waals surface area contributed by atoms with Gasteiger partial charge in [0.1, 0.15) is 0 Å². The lowest BCUT2D eigenvalue weighted by Crippen LogP contribution is -2.31.